The number of ether oxygens (including phenoxy) is 1. The van der Waals surface area contributed by atoms with Crippen LogP contribution < -0.4 is 5.73 Å². The molecular weight excluding hydrogens is 452 g/mol. The fourth-order valence-electron chi connectivity index (χ4n) is 3.64. The molecule has 2 aromatic heterocycles. The van der Waals surface area contributed by atoms with Crippen LogP contribution >= 0.6 is 11.6 Å². The van der Waals surface area contributed by atoms with Gasteiger partial charge in [0.2, 0.25) is 0 Å². The van der Waals surface area contributed by atoms with Crippen LogP contribution in [0.2, 0.25) is 5.02 Å². The van der Waals surface area contributed by atoms with Crippen molar-refractivity contribution in [3.8, 4) is 22.7 Å². The first-order valence-electron chi connectivity index (χ1n) is 9.44. The van der Waals surface area contributed by atoms with E-state index in [0.29, 0.717) is 22.0 Å². The maximum Gasteiger partial charge on any atom is 0.425 e. The summed E-state index contributed by atoms with van der Waals surface area (Å²) in [6.07, 6.45) is -6.05. The molecule has 0 saturated carbocycles. The van der Waals surface area contributed by atoms with Gasteiger partial charge in [0.05, 0.1) is 16.3 Å². The van der Waals surface area contributed by atoms with Crippen molar-refractivity contribution in [2.45, 2.75) is 38.1 Å². The molecule has 4 rings (SSSR count). The number of amidine groups is 1. The van der Waals surface area contributed by atoms with E-state index in [4.69, 9.17) is 21.9 Å². The molecule has 1 aromatic carbocycles. The van der Waals surface area contributed by atoms with Gasteiger partial charge in [0.15, 0.2) is 11.9 Å². The standard InChI is InChI=1S/C21H17ClF4N4O2/c1-10-5-12(22)9-28-18(10)15-7-16(32-30-15)11-3-4-14(23)13(6-11)20(2)8-17(21(24,25)26)31-19(27)29-20/h3-7,9,17H,8H2,1-2H3,(H2,27,29)/t17-,20-/m0/s1. The highest BCUT2D eigenvalue weighted by molar-refractivity contribution is 6.30. The number of aromatic nitrogens is 2. The second-order valence-corrected chi connectivity index (χ2v) is 8.10. The fraction of sp³-hybridized carbons (Fsp3) is 0.286. The molecule has 1 aliphatic heterocycles. The Morgan fingerprint density at radius 3 is 2.66 bits per heavy atom. The van der Waals surface area contributed by atoms with Gasteiger partial charge in [0.25, 0.3) is 6.02 Å². The fourth-order valence-corrected chi connectivity index (χ4v) is 3.85. The maximum absolute atomic E-state index is 14.7. The average Bonchev–Trinajstić information content (AvgIpc) is 3.16. The lowest BCUT2D eigenvalue weighted by molar-refractivity contribution is -0.208. The molecule has 0 amide bonds. The van der Waals surface area contributed by atoms with E-state index in [1.807, 2.05) is 6.92 Å². The number of aliphatic imine (C=N–C) groups is 1. The van der Waals surface area contributed by atoms with E-state index in [1.54, 1.807) is 12.1 Å². The van der Waals surface area contributed by atoms with E-state index in [9.17, 15) is 17.6 Å². The summed E-state index contributed by atoms with van der Waals surface area (Å²) in [5.74, 6) is -0.456. The lowest BCUT2D eigenvalue weighted by atomic mass is 9.84. The van der Waals surface area contributed by atoms with Crippen molar-refractivity contribution in [3.63, 3.8) is 0 Å². The molecule has 2 N–H and O–H groups in total. The van der Waals surface area contributed by atoms with Gasteiger partial charge in [-0.1, -0.05) is 16.8 Å². The van der Waals surface area contributed by atoms with Crippen molar-refractivity contribution in [1.82, 2.24) is 10.1 Å². The molecule has 168 valence electrons. The molecule has 6 nitrogen and oxygen atoms in total. The van der Waals surface area contributed by atoms with E-state index < -0.39 is 36.1 Å². The maximum atomic E-state index is 14.7. The second kappa shape index (κ2) is 7.77. The SMILES string of the molecule is Cc1cc(Cl)cnc1-c1cc(-c2ccc(F)c([C@]3(C)C[C@@H](C(F)(F)F)OC(N)=N3)c2)on1. The van der Waals surface area contributed by atoms with Gasteiger partial charge in [-0.2, -0.15) is 13.2 Å². The zero-order valence-electron chi connectivity index (χ0n) is 16.9. The first kappa shape index (κ1) is 22.1. The van der Waals surface area contributed by atoms with E-state index in [0.717, 1.165) is 11.6 Å². The predicted molar refractivity (Wildman–Crippen MR) is 109 cm³/mol. The summed E-state index contributed by atoms with van der Waals surface area (Å²) in [7, 11) is 0. The molecule has 0 bridgehead atoms. The van der Waals surface area contributed by atoms with Crippen LogP contribution in [0.4, 0.5) is 17.6 Å². The Labute approximate surface area is 185 Å². The number of halogens is 5. The number of benzene rings is 1. The minimum absolute atomic E-state index is 0.0748. The zero-order valence-corrected chi connectivity index (χ0v) is 17.6. The van der Waals surface area contributed by atoms with Gasteiger partial charge in [-0.05, 0) is 43.7 Å². The highest BCUT2D eigenvalue weighted by Crippen LogP contribution is 2.42. The van der Waals surface area contributed by atoms with Gasteiger partial charge in [-0.25, -0.2) is 9.38 Å². The van der Waals surface area contributed by atoms with Gasteiger partial charge in [-0.3, -0.25) is 4.98 Å². The predicted octanol–water partition coefficient (Wildman–Crippen LogP) is 5.39. The first-order valence-corrected chi connectivity index (χ1v) is 9.82. The summed E-state index contributed by atoms with van der Waals surface area (Å²) in [5, 5.41) is 4.47. The summed E-state index contributed by atoms with van der Waals surface area (Å²) >= 11 is 5.93. The van der Waals surface area contributed by atoms with Crippen LogP contribution in [0.3, 0.4) is 0 Å². The molecule has 0 aliphatic carbocycles. The van der Waals surface area contributed by atoms with Crippen LogP contribution in [0.5, 0.6) is 0 Å². The monoisotopic (exact) mass is 468 g/mol. The average molecular weight is 469 g/mol. The Morgan fingerprint density at radius 2 is 1.97 bits per heavy atom. The molecular formula is C21H17ClF4N4O2. The van der Waals surface area contributed by atoms with Crippen LogP contribution in [0.25, 0.3) is 22.7 Å². The van der Waals surface area contributed by atoms with Crippen molar-refractivity contribution in [3.05, 3.63) is 58.5 Å². The van der Waals surface area contributed by atoms with Gasteiger partial charge in [-0.15, -0.1) is 0 Å². The minimum Gasteiger partial charge on any atom is -0.452 e. The van der Waals surface area contributed by atoms with Crippen molar-refractivity contribution < 1.29 is 26.8 Å². The molecule has 0 saturated heterocycles. The third-order valence-electron chi connectivity index (χ3n) is 5.20. The van der Waals surface area contributed by atoms with Crippen LogP contribution in [0.15, 0.2) is 46.0 Å². The highest BCUT2D eigenvalue weighted by atomic mass is 35.5. The summed E-state index contributed by atoms with van der Waals surface area (Å²) < 4.78 is 64.6. The number of aryl methyl sites for hydroxylation is 1. The molecule has 1 aliphatic rings. The minimum atomic E-state index is -4.68. The van der Waals surface area contributed by atoms with Gasteiger partial charge in [0, 0.05) is 29.8 Å². The van der Waals surface area contributed by atoms with E-state index in [1.165, 1.54) is 25.3 Å². The Bertz CT molecular complexity index is 1210. The highest BCUT2D eigenvalue weighted by Gasteiger charge is 2.50. The summed E-state index contributed by atoms with van der Waals surface area (Å²) in [6.45, 7) is 3.18. The summed E-state index contributed by atoms with van der Waals surface area (Å²) in [4.78, 5) is 8.22. The van der Waals surface area contributed by atoms with E-state index in [-0.39, 0.29) is 11.3 Å². The topological polar surface area (TPSA) is 86.5 Å². The van der Waals surface area contributed by atoms with Crippen molar-refractivity contribution in [2.24, 2.45) is 10.7 Å². The molecule has 3 aromatic rings. The largest absolute Gasteiger partial charge is 0.452 e. The number of alkyl halides is 3. The Balaban J connectivity index is 1.73. The molecule has 0 fully saturated rings. The van der Waals surface area contributed by atoms with E-state index in [2.05, 4.69) is 19.9 Å². The van der Waals surface area contributed by atoms with E-state index >= 15 is 0 Å². The number of rotatable bonds is 3. The second-order valence-electron chi connectivity index (χ2n) is 7.67. The summed E-state index contributed by atoms with van der Waals surface area (Å²) in [5.41, 5.74) is 5.96. The van der Waals surface area contributed by atoms with Gasteiger partial charge >= 0.3 is 6.18 Å². The number of nitrogens with two attached hydrogens (primary N) is 1. The normalized spacial score (nSPS) is 21.2. The van der Waals surface area contributed by atoms with Crippen molar-refractivity contribution in [1.29, 1.82) is 0 Å². The van der Waals surface area contributed by atoms with Gasteiger partial charge in [0.1, 0.15) is 11.5 Å². The van der Waals surface area contributed by atoms with Gasteiger partial charge < -0.3 is 15.0 Å². The molecule has 32 heavy (non-hydrogen) atoms. The third-order valence-corrected chi connectivity index (χ3v) is 5.40. The number of nitrogens with zero attached hydrogens (tertiary/aromatic N) is 3. The third kappa shape index (κ3) is 4.14. The van der Waals surface area contributed by atoms with Crippen LogP contribution in [-0.2, 0) is 10.3 Å². The zero-order chi connectivity index (χ0) is 23.3. The lowest BCUT2D eigenvalue weighted by Gasteiger charge is -2.36. The van der Waals surface area contributed by atoms with Crippen LogP contribution in [0, 0.1) is 12.7 Å². The molecule has 0 radical (unpaired) electrons. The lowest BCUT2D eigenvalue weighted by Crippen LogP contribution is -2.46. The van der Waals surface area contributed by atoms with Crippen molar-refractivity contribution >= 4 is 17.6 Å². The molecule has 0 unspecified atom stereocenters. The molecule has 0 spiro atoms. The quantitative estimate of drug-likeness (QED) is 0.521. The Hall–Kier alpha value is -3.14. The Morgan fingerprint density at radius 1 is 1.22 bits per heavy atom. The number of hydrogen-bond acceptors (Lipinski definition) is 6. The number of hydrogen-bond donors (Lipinski definition) is 1. The van der Waals surface area contributed by atoms with Crippen LogP contribution in [-0.4, -0.2) is 28.4 Å². The molecule has 2 atom stereocenters. The molecule has 11 heteroatoms. The molecule has 3 heterocycles. The summed E-state index contributed by atoms with van der Waals surface area (Å²) in [6, 6.07) is 6.60. The smallest absolute Gasteiger partial charge is 0.425 e. The van der Waals surface area contributed by atoms with Crippen LogP contribution in [0.1, 0.15) is 24.5 Å². The first-order chi connectivity index (χ1) is 15.0. The van der Waals surface area contributed by atoms with Crippen molar-refractivity contribution in [2.75, 3.05) is 0 Å². The number of pyridine rings is 1. The Kier molecular flexibility index (Phi) is 5.36.